The molecular formula is C15H12Cl2N4OS. The molecule has 1 N–H and O–H groups in total. The number of nitrogens with zero attached hydrogens (tertiary/aromatic N) is 3. The summed E-state index contributed by atoms with van der Waals surface area (Å²) in [4.78, 5) is 12.3. The number of carbonyl (C=O) groups is 1. The molecule has 0 aliphatic carbocycles. The van der Waals surface area contributed by atoms with Gasteiger partial charge in [0.15, 0.2) is 10.8 Å². The highest BCUT2D eigenvalue weighted by molar-refractivity contribution is 8.00. The number of pyridine rings is 1. The van der Waals surface area contributed by atoms with Crippen LogP contribution in [-0.4, -0.2) is 25.8 Å². The standard InChI is InChI=1S/C15H12Cl2N4OS/c1-9(14(22)18-12-6-5-10(16)8-11(12)17)23-15-20-19-13-4-2-3-7-21(13)15/h2-9H,1H3,(H,18,22). The van der Waals surface area contributed by atoms with Gasteiger partial charge in [-0.3, -0.25) is 9.20 Å². The average molecular weight is 367 g/mol. The van der Waals surface area contributed by atoms with E-state index >= 15 is 0 Å². The summed E-state index contributed by atoms with van der Waals surface area (Å²) in [5, 5.41) is 12.2. The van der Waals surface area contributed by atoms with Crippen molar-refractivity contribution in [2.75, 3.05) is 5.32 Å². The van der Waals surface area contributed by atoms with Gasteiger partial charge >= 0.3 is 0 Å². The molecule has 1 unspecified atom stereocenters. The van der Waals surface area contributed by atoms with E-state index in [9.17, 15) is 4.79 Å². The van der Waals surface area contributed by atoms with Gasteiger partial charge in [-0.15, -0.1) is 10.2 Å². The number of aromatic nitrogens is 3. The van der Waals surface area contributed by atoms with E-state index in [0.717, 1.165) is 5.65 Å². The van der Waals surface area contributed by atoms with Crippen molar-refractivity contribution in [1.29, 1.82) is 0 Å². The third-order valence-electron chi connectivity index (χ3n) is 3.12. The largest absolute Gasteiger partial charge is 0.324 e. The molecular weight excluding hydrogens is 355 g/mol. The van der Waals surface area contributed by atoms with Gasteiger partial charge in [-0.25, -0.2) is 0 Å². The van der Waals surface area contributed by atoms with Crippen LogP contribution in [0.4, 0.5) is 5.69 Å². The molecule has 0 spiro atoms. The number of fused-ring (bicyclic) bond motifs is 1. The number of nitrogens with one attached hydrogen (secondary N) is 1. The molecule has 0 saturated heterocycles. The van der Waals surface area contributed by atoms with Gasteiger partial charge in [-0.1, -0.05) is 41.0 Å². The van der Waals surface area contributed by atoms with Crippen molar-refractivity contribution in [2.45, 2.75) is 17.3 Å². The zero-order chi connectivity index (χ0) is 16.4. The molecule has 0 aliphatic heterocycles. The Morgan fingerprint density at radius 2 is 2.09 bits per heavy atom. The monoisotopic (exact) mass is 366 g/mol. The fourth-order valence-corrected chi connectivity index (χ4v) is 3.23. The molecule has 0 fully saturated rings. The summed E-state index contributed by atoms with van der Waals surface area (Å²) in [5.74, 6) is -0.174. The minimum atomic E-state index is -0.366. The van der Waals surface area contributed by atoms with Crippen LogP contribution in [0.1, 0.15) is 6.92 Å². The normalized spacial score (nSPS) is 12.3. The third kappa shape index (κ3) is 3.60. The predicted octanol–water partition coefficient (Wildman–Crippen LogP) is 4.16. The van der Waals surface area contributed by atoms with Crippen molar-refractivity contribution in [2.24, 2.45) is 0 Å². The molecule has 1 amide bonds. The lowest BCUT2D eigenvalue weighted by atomic mass is 10.3. The fourth-order valence-electron chi connectivity index (χ4n) is 1.94. The van der Waals surface area contributed by atoms with Crippen LogP contribution in [0.3, 0.4) is 0 Å². The van der Waals surface area contributed by atoms with E-state index in [1.165, 1.54) is 11.8 Å². The number of carbonyl (C=O) groups excluding carboxylic acids is 1. The minimum Gasteiger partial charge on any atom is -0.324 e. The maximum atomic E-state index is 12.3. The quantitative estimate of drug-likeness (QED) is 0.704. The van der Waals surface area contributed by atoms with Crippen molar-refractivity contribution >= 4 is 52.2 Å². The summed E-state index contributed by atoms with van der Waals surface area (Å²) in [6.45, 7) is 1.80. The number of benzene rings is 1. The summed E-state index contributed by atoms with van der Waals surface area (Å²) in [6, 6.07) is 10.6. The number of anilines is 1. The second kappa shape index (κ2) is 6.78. The Bertz CT molecular complexity index is 868. The van der Waals surface area contributed by atoms with Crippen LogP contribution in [0.5, 0.6) is 0 Å². The van der Waals surface area contributed by atoms with E-state index in [-0.39, 0.29) is 11.2 Å². The summed E-state index contributed by atoms with van der Waals surface area (Å²) in [6.07, 6.45) is 1.86. The van der Waals surface area contributed by atoms with Crippen LogP contribution in [0.25, 0.3) is 5.65 Å². The average Bonchev–Trinajstić information content (AvgIpc) is 2.93. The Kier molecular flexibility index (Phi) is 4.75. The SMILES string of the molecule is CC(Sc1nnc2ccccn12)C(=O)Nc1ccc(Cl)cc1Cl. The van der Waals surface area contributed by atoms with Crippen LogP contribution in [-0.2, 0) is 4.79 Å². The predicted molar refractivity (Wildman–Crippen MR) is 93.4 cm³/mol. The molecule has 0 bridgehead atoms. The molecule has 3 rings (SSSR count). The van der Waals surface area contributed by atoms with E-state index in [2.05, 4.69) is 15.5 Å². The fraction of sp³-hybridized carbons (Fsp3) is 0.133. The number of halogens is 2. The maximum Gasteiger partial charge on any atom is 0.237 e. The van der Waals surface area contributed by atoms with Gasteiger partial charge in [0.1, 0.15) is 0 Å². The van der Waals surface area contributed by atoms with E-state index in [1.54, 1.807) is 25.1 Å². The second-order valence-corrected chi connectivity index (χ2v) is 6.94. The van der Waals surface area contributed by atoms with Crippen molar-refractivity contribution in [3.8, 4) is 0 Å². The highest BCUT2D eigenvalue weighted by atomic mass is 35.5. The molecule has 1 atom stereocenters. The number of rotatable bonds is 4. The molecule has 23 heavy (non-hydrogen) atoms. The van der Waals surface area contributed by atoms with Crippen LogP contribution in [0.15, 0.2) is 47.8 Å². The van der Waals surface area contributed by atoms with Gasteiger partial charge in [0, 0.05) is 11.2 Å². The molecule has 118 valence electrons. The Morgan fingerprint density at radius 1 is 1.26 bits per heavy atom. The van der Waals surface area contributed by atoms with Crippen LogP contribution in [0.2, 0.25) is 10.0 Å². The lowest BCUT2D eigenvalue weighted by molar-refractivity contribution is -0.115. The molecule has 3 aromatic rings. The van der Waals surface area contributed by atoms with Crippen molar-refractivity contribution in [3.05, 3.63) is 52.6 Å². The van der Waals surface area contributed by atoms with Gasteiger partial charge in [0.05, 0.1) is 16.0 Å². The number of hydrogen-bond donors (Lipinski definition) is 1. The zero-order valence-corrected chi connectivity index (χ0v) is 14.4. The molecule has 0 aliphatic rings. The van der Waals surface area contributed by atoms with Gasteiger partial charge in [-0.05, 0) is 37.3 Å². The molecule has 8 heteroatoms. The molecule has 1 aromatic carbocycles. The maximum absolute atomic E-state index is 12.3. The summed E-state index contributed by atoms with van der Waals surface area (Å²) >= 11 is 13.2. The Hall–Kier alpha value is -1.76. The van der Waals surface area contributed by atoms with Crippen molar-refractivity contribution in [1.82, 2.24) is 14.6 Å². The van der Waals surface area contributed by atoms with E-state index in [0.29, 0.717) is 20.9 Å². The first-order chi connectivity index (χ1) is 11.0. The molecule has 0 saturated carbocycles. The Labute approximate surface area is 147 Å². The molecule has 2 heterocycles. The second-order valence-electron chi connectivity index (χ2n) is 4.78. The lowest BCUT2D eigenvalue weighted by Crippen LogP contribution is -2.22. The Balaban J connectivity index is 1.72. The highest BCUT2D eigenvalue weighted by Gasteiger charge is 2.18. The summed E-state index contributed by atoms with van der Waals surface area (Å²) < 4.78 is 1.84. The summed E-state index contributed by atoms with van der Waals surface area (Å²) in [7, 11) is 0. The topological polar surface area (TPSA) is 59.3 Å². The number of hydrogen-bond acceptors (Lipinski definition) is 4. The first-order valence-electron chi connectivity index (χ1n) is 6.77. The summed E-state index contributed by atoms with van der Waals surface area (Å²) in [5.41, 5.74) is 1.27. The Morgan fingerprint density at radius 3 is 2.87 bits per heavy atom. The highest BCUT2D eigenvalue weighted by Crippen LogP contribution is 2.27. The first-order valence-corrected chi connectivity index (χ1v) is 8.40. The molecule has 5 nitrogen and oxygen atoms in total. The molecule has 0 radical (unpaired) electrons. The van der Waals surface area contributed by atoms with Crippen molar-refractivity contribution < 1.29 is 4.79 Å². The third-order valence-corrected chi connectivity index (χ3v) is 4.73. The van der Waals surface area contributed by atoms with Gasteiger partial charge in [0.25, 0.3) is 0 Å². The zero-order valence-electron chi connectivity index (χ0n) is 12.0. The van der Waals surface area contributed by atoms with E-state index in [4.69, 9.17) is 23.2 Å². The van der Waals surface area contributed by atoms with Crippen LogP contribution in [0, 0.1) is 0 Å². The van der Waals surface area contributed by atoms with Crippen molar-refractivity contribution in [3.63, 3.8) is 0 Å². The van der Waals surface area contributed by atoms with Gasteiger partial charge in [-0.2, -0.15) is 0 Å². The lowest BCUT2D eigenvalue weighted by Gasteiger charge is -2.12. The minimum absolute atomic E-state index is 0.174. The molecule has 2 aromatic heterocycles. The first kappa shape index (κ1) is 16.1. The van der Waals surface area contributed by atoms with Gasteiger partial charge in [0.2, 0.25) is 5.91 Å². The van der Waals surface area contributed by atoms with E-state index in [1.807, 2.05) is 28.8 Å². The van der Waals surface area contributed by atoms with Crippen LogP contribution < -0.4 is 5.32 Å². The smallest absolute Gasteiger partial charge is 0.237 e. The van der Waals surface area contributed by atoms with E-state index < -0.39 is 0 Å². The number of amides is 1. The number of thioether (sulfide) groups is 1. The van der Waals surface area contributed by atoms with Crippen LogP contribution >= 0.6 is 35.0 Å². The van der Waals surface area contributed by atoms with Gasteiger partial charge < -0.3 is 5.32 Å².